The maximum absolute atomic E-state index is 15.8. The average Bonchev–Trinajstić information content (AvgIpc) is 1.53. The fourth-order valence-corrected chi connectivity index (χ4v) is 17.0. The number of benzene rings is 1. The third kappa shape index (κ3) is 12.1. The van der Waals surface area contributed by atoms with Crippen molar-refractivity contribution >= 4 is 46.7 Å². The molecule has 22 heteroatoms. The van der Waals surface area contributed by atoms with Gasteiger partial charge in [-0.25, -0.2) is 0 Å². The minimum atomic E-state index is -1.84. The van der Waals surface area contributed by atoms with Crippen LogP contribution in [0.2, 0.25) is 0 Å². The summed E-state index contributed by atoms with van der Waals surface area (Å²) in [6.07, 6.45) is -10.2. The predicted octanol–water partition coefficient (Wildman–Crippen LogP) is 3.31. The summed E-state index contributed by atoms with van der Waals surface area (Å²) in [4.78, 5) is 55.1. The topological polar surface area (TPSA) is 330 Å². The number of rotatable bonds is 17. The molecule has 3 aliphatic heterocycles. The summed E-state index contributed by atoms with van der Waals surface area (Å²) in [6.45, 7) is 13.0. The molecule has 0 aromatic heterocycles. The lowest BCUT2D eigenvalue weighted by Gasteiger charge is -2.66. The Kier molecular flexibility index (Phi) is 20.0. The third-order valence-corrected chi connectivity index (χ3v) is 23.0. The average molecular weight is 1300 g/mol. The van der Waals surface area contributed by atoms with Crippen LogP contribution in [0.3, 0.4) is 0 Å². The van der Waals surface area contributed by atoms with Gasteiger partial charge in [0.05, 0.1) is 61.6 Å². The number of nitrogens with one attached hydrogen (secondary N) is 2. The van der Waals surface area contributed by atoms with Gasteiger partial charge >= 0.3 is 5.97 Å². The van der Waals surface area contributed by atoms with Gasteiger partial charge in [-0.05, 0) is 170 Å². The Balaban J connectivity index is 0.977. The van der Waals surface area contributed by atoms with E-state index in [-0.39, 0.29) is 54.4 Å². The second kappa shape index (κ2) is 25.6. The number of aldehydes is 1. The van der Waals surface area contributed by atoms with Crippen LogP contribution in [0, 0.1) is 59.7 Å². The van der Waals surface area contributed by atoms with Crippen molar-refractivity contribution in [3.8, 4) is 0 Å². The highest BCUT2D eigenvalue weighted by Gasteiger charge is 2.71. The molecule has 1 aromatic rings. The Labute approximate surface area is 506 Å². The number of aliphatic hydroxyl groups excluding tert-OH is 9. The molecular weight excluding hydrogens is 1200 g/mol. The summed E-state index contributed by atoms with van der Waals surface area (Å²) in [5.41, 5.74) is -2.35. The number of carbonyl (C=O) groups is 4. The Morgan fingerprint density at radius 3 is 2.17 bits per heavy atom. The van der Waals surface area contributed by atoms with Crippen LogP contribution in [-0.4, -0.2) is 188 Å². The van der Waals surface area contributed by atoms with Gasteiger partial charge in [-0.3, -0.25) is 14.4 Å². The molecule has 21 nitrogen and oxygen atoms in total. The lowest BCUT2D eigenvalue weighted by molar-refractivity contribution is -0.365. The molecule has 7 fully saturated rings. The Morgan fingerprint density at radius 1 is 0.762 bits per heavy atom. The molecule has 9 rings (SSSR count). The molecule has 24 atom stereocenters. The minimum Gasteiger partial charge on any atom is -0.432 e. The highest BCUT2D eigenvalue weighted by molar-refractivity contribution is 14.1. The lowest BCUT2D eigenvalue weighted by atomic mass is 9.38. The number of ether oxygens (including phenoxy) is 6. The number of amides is 2. The molecule has 16 unspecified atom stereocenters. The van der Waals surface area contributed by atoms with E-state index in [2.05, 4.69) is 73.9 Å². The lowest BCUT2D eigenvalue weighted by Crippen LogP contribution is -2.68. The molecule has 1 aromatic carbocycles. The second-order valence-electron chi connectivity index (χ2n) is 27.8. The minimum absolute atomic E-state index is 0.0109. The Hall–Kier alpha value is -2.79. The summed E-state index contributed by atoms with van der Waals surface area (Å²) in [6, 6.07) is 5.79. The number of allylic oxidation sites excluding steroid dienone is 2. The Morgan fingerprint density at radius 2 is 1.48 bits per heavy atom. The van der Waals surface area contributed by atoms with Gasteiger partial charge in [-0.15, -0.1) is 0 Å². The van der Waals surface area contributed by atoms with Crippen LogP contribution in [0.1, 0.15) is 149 Å². The number of unbranched alkanes of at least 4 members (excludes halogenated alkanes) is 2. The smallest absolute Gasteiger partial charge is 0.317 e. The normalized spacial score (nSPS) is 45.4. The zero-order valence-corrected chi connectivity index (χ0v) is 51.8. The van der Waals surface area contributed by atoms with E-state index < -0.39 is 151 Å². The fourth-order valence-electron chi connectivity index (χ4n) is 16.7. The predicted molar refractivity (Wildman–Crippen MR) is 310 cm³/mol. The van der Waals surface area contributed by atoms with E-state index in [0.717, 1.165) is 34.7 Å². The molecule has 2 amide bonds. The summed E-state index contributed by atoms with van der Waals surface area (Å²) in [5, 5.41) is 108. The van der Waals surface area contributed by atoms with Crippen LogP contribution in [0.25, 0.3) is 0 Å². The highest BCUT2D eigenvalue weighted by atomic mass is 127. The molecule has 84 heavy (non-hydrogen) atoms. The van der Waals surface area contributed by atoms with E-state index in [0.29, 0.717) is 63.5 Å². The zero-order chi connectivity index (χ0) is 61.1. The third-order valence-electron chi connectivity index (χ3n) is 22.3. The van der Waals surface area contributed by atoms with Gasteiger partial charge in [-0.2, -0.15) is 0 Å². The first-order valence-electron chi connectivity index (χ1n) is 30.5. The number of hydrogen-bond donors (Lipinski definition) is 11. The molecule has 4 saturated carbocycles. The second-order valence-corrected chi connectivity index (χ2v) is 29.0. The van der Waals surface area contributed by atoms with Crippen molar-refractivity contribution in [3.63, 3.8) is 0 Å². The van der Waals surface area contributed by atoms with Crippen molar-refractivity contribution in [1.82, 2.24) is 10.6 Å². The monoisotopic (exact) mass is 1300 g/mol. The van der Waals surface area contributed by atoms with Crippen LogP contribution in [0.5, 0.6) is 0 Å². The van der Waals surface area contributed by atoms with Crippen molar-refractivity contribution in [1.29, 1.82) is 0 Å². The largest absolute Gasteiger partial charge is 0.432 e. The van der Waals surface area contributed by atoms with E-state index in [1.165, 1.54) is 6.92 Å². The molecular formula is C62H93IN2O19. The Bertz CT molecular complexity index is 2540. The van der Waals surface area contributed by atoms with Crippen LogP contribution in [0.4, 0.5) is 0 Å². The standard InChI is InChI=1S/C62H93IN2O19/c1-32-50(82-54-49(76)47(74)39(69)30-79-54)46(73)36(28-66)53(80-32)83-51-48(75)45(65-44(72)11-9-8-10-24-64-52(77)33-12-14-35(63)15-13-33)40(29-67)81-55(51)84-56(78)62-23-22-57(2,3)26-38(62)37-16-17-41-58(4)20-19-42(70)59(5,31-68)34(25-58)18-21-60(41,6)61(37,7)27-43(62)71/h12-16,31-32,34,36,38-43,45-51,53-55,66-67,69-71,73-76H,8-11,17-30H2,1-7H3,(H,64,77)(H,65,72)/t32?,34?,36?,38?,39-,40?,41?,42+,43?,45+,46?,47?,48?,49?,50+,51?,53+,54+,55+,58?,59?,60?,61?,62-/m1/s1. The number of carbonyl (C=O) groups excluding carboxylic acids is 4. The van der Waals surface area contributed by atoms with Gasteiger partial charge in [0.15, 0.2) is 18.7 Å². The van der Waals surface area contributed by atoms with Gasteiger partial charge in [0.25, 0.3) is 5.91 Å². The van der Waals surface area contributed by atoms with Gasteiger partial charge in [-0.1, -0.05) is 59.6 Å². The number of esters is 1. The van der Waals surface area contributed by atoms with Crippen LogP contribution in [0.15, 0.2) is 35.9 Å². The summed E-state index contributed by atoms with van der Waals surface area (Å²) in [5.74, 6) is -3.33. The first kappa shape index (κ1) is 65.7. The summed E-state index contributed by atoms with van der Waals surface area (Å²) in [7, 11) is 0. The van der Waals surface area contributed by atoms with E-state index in [9.17, 15) is 60.3 Å². The van der Waals surface area contributed by atoms with Gasteiger partial charge in [0.2, 0.25) is 12.2 Å². The van der Waals surface area contributed by atoms with Gasteiger partial charge in [0, 0.05) is 22.1 Å². The maximum Gasteiger partial charge on any atom is 0.317 e. The number of hydrogen-bond acceptors (Lipinski definition) is 19. The summed E-state index contributed by atoms with van der Waals surface area (Å²) >= 11 is 2.16. The molecule has 8 aliphatic rings. The number of aliphatic hydroxyl groups is 9. The van der Waals surface area contributed by atoms with E-state index in [1.54, 1.807) is 12.1 Å². The fraction of sp³-hybridized carbons (Fsp3) is 0.806. The highest BCUT2D eigenvalue weighted by Crippen LogP contribution is 2.74. The number of fused-ring (bicyclic) bond motifs is 8. The molecule has 5 aliphatic carbocycles. The van der Waals surface area contributed by atoms with E-state index in [1.807, 2.05) is 19.1 Å². The molecule has 11 N–H and O–H groups in total. The molecule has 0 spiro atoms. The molecule has 0 radical (unpaired) electrons. The SMILES string of the molecule is CC1O[C@@H](OC2C(O)[C@@H](NC(=O)CCCCCNC(=O)c3ccc(I)cc3)C(CO)O[C@H]2OC(=O)[C@]23CCC(C)(C)CC2C2=CCC4C5(C)CC[C@H](O)C(C)(C=O)C(CCC4(C)C2(C)CC3O)C5)C(CO)C(O)[C@H]1O[C@@H]1OC[C@@H](O)C(O)C1O. The van der Waals surface area contributed by atoms with Crippen molar-refractivity contribution in [2.45, 2.75) is 230 Å². The molecule has 3 heterocycles. The number of halogens is 1. The van der Waals surface area contributed by atoms with Crippen molar-refractivity contribution in [3.05, 3.63) is 45.0 Å². The van der Waals surface area contributed by atoms with Crippen molar-refractivity contribution in [2.75, 3.05) is 26.4 Å². The maximum atomic E-state index is 15.8. The summed E-state index contributed by atoms with van der Waals surface area (Å²) < 4.78 is 38.2. The first-order chi connectivity index (χ1) is 39.6. The van der Waals surface area contributed by atoms with Crippen LogP contribution in [-0.2, 0) is 42.8 Å². The van der Waals surface area contributed by atoms with Crippen LogP contribution < -0.4 is 10.6 Å². The molecule has 472 valence electrons. The zero-order valence-electron chi connectivity index (χ0n) is 49.6. The van der Waals surface area contributed by atoms with Crippen molar-refractivity contribution < 1.29 is 93.6 Å². The quantitative estimate of drug-likeness (QED) is 0.0350. The molecule has 3 saturated heterocycles. The van der Waals surface area contributed by atoms with Crippen LogP contribution >= 0.6 is 22.6 Å². The van der Waals surface area contributed by atoms with Gasteiger partial charge in [0.1, 0.15) is 48.3 Å². The van der Waals surface area contributed by atoms with Gasteiger partial charge < -0.3 is 89.8 Å². The van der Waals surface area contributed by atoms with E-state index >= 15 is 4.79 Å². The van der Waals surface area contributed by atoms with E-state index in [4.69, 9.17) is 28.4 Å². The van der Waals surface area contributed by atoms with Crippen molar-refractivity contribution in [2.24, 2.45) is 56.2 Å². The first-order valence-corrected chi connectivity index (χ1v) is 31.6. The molecule has 2 bridgehead atoms.